The first-order valence-electron chi connectivity index (χ1n) is 3.93. The second kappa shape index (κ2) is 5.39. The molecule has 1 aromatic carbocycles. The van der Waals surface area contributed by atoms with Crippen LogP contribution in [0.1, 0.15) is 17.2 Å². The molecule has 14 heavy (non-hydrogen) atoms. The minimum atomic E-state index is -0.323. The maximum absolute atomic E-state index is 9.67. The first-order valence-corrected chi connectivity index (χ1v) is 4.72. The van der Waals surface area contributed by atoms with E-state index in [4.69, 9.17) is 5.73 Å². The third-order valence-electron chi connectivity index (χ3n) is 1.91. The summed E-state index contributed by atoms with van der Waals surface area (Å²) in [4.78, 5) is 0. The van der Waals surface area contributed by atoms with Crippen molar-refractivity contribution in [1.82, 2.24) is 0 Å². The SMILES string of the molecule is C=C[C@@H](N)c1cc(Br)cc(C)c1O.Cl. The van der Waals surface area contributed by atoms with Crippen LogP contribution in [0.5, 0.6) is 5.75 Å². The Kier molecular flexibility index (Phi) is 5.19. The predicted molar refractivity (Wildman–Crippen MR) is 64.9 cm³/mol. The smallest absolute Gasteiger partial charge is 0.123 e. The van der Waals surface area contributed by atoms with Crippen LogP contribution in [0.3, 0.4) is 0 Å². The molecule has 0 spiro atoms. The van der Waals surface area contributed by atoms with Gasteiger partial charge in [-0.1, -0.05) is 22.0 Å². The van der Waals surface area contributed by atoms with Crippen molar-refractivity contribution in [3.63, 3.8) is 0 Å². The fraction of sp³-hybridized carbons (Fsp3) is 0.200. The number of phenols is 1. The Bertz CT molecular complexity index is 341. The van der Waals surface area contributed by atoms with Gasteiger partial charge in [0.1, 0.15) is 5.75 Å². The largest absolute Gasteiger partial charge is 0.507 e. The number of phenolic OH excluding ortho intramolecular Hbond substituents is 1. The van der Waals surface area contributed by atoms with Gasteiger partial charge in [0.2, 0.25) is 0 Å². The summed E-state index contributed by atoms with van der Waals surface area (Å²) in [5.41, 5.74) is 7.24. The van der Waals surface area contributed by atoms with E-state index in [1.807, 2.05) is 13.0 Å². The van der Waals surface area contributed by atoms with Crippen LogP contribution in [-0.2, 0) is 0 Å². The van der Waals surface area contributed by atoms with Gasteiger partial charge in [-0.15, -0.1) is 19.0 Å². The van der Waals surface area contributed by atoms with E-state index in [0.29, 0.717) is 5.56 Å². The average Bonchev–Trinajstić information content (AvgIpc) is 2.10. The van der Waals surface area contributed by atoms with Crippen LogP contribution in [0.4, 0.5) is 0 Å². The lowest BCUT2D eigenvalue weighted by atomic mass is 10.0. The lowest BCUT2D eigenvalue weighted by molar-refractivity contribution is 0.461. The van der Waals surface area contributed by atoms with Gasteiger partial charge in [0.25, 0.3) is 0 Å². The molecule has 0 aliphatic rings. The number of rotatable bonds is 2. The first kappa shape index (κ1) is 13.5. The molecule has 0 bridgehead atoms. The monoisotopic (exact) mass is 277 g/mol. The normalized spacial score (nSPS) is 11.6. The van der Waals surface area contributed by atoms with Gasteiger partial charge in [-0.25, -0.2) is 0 Å². The number of hydrogen-bond donors (Lipinski definition) is 2. The zero-order valence-electron chi connectivity index (χ0n) is 7.83. The highest BCUT2D eigenvalue weighted by Gasteiger charge is 2.10. The summed E-state index contributed by atoms with van der Waals surface area (Å²) in [6.45, 7) is 5.42. The molecule has 78 valence electrons. The zero-order chi connectivity index (χ0) is 10.0. The van der Waals surface area contributed by atoms with E-state index in [1.165, 1.54) is 0 Å². The summed E-state index contributed by atoms with van der Waals surface area (Å²) in [5.74, 6) is 0.246. The standard InChI is InChI=1S/C10H12BrNO.ClH/c1-3-9(12)8-5-7(11)4-6(2)10(8)13;/h3-5,9,13H,1,12H2,2H3;1H/t9-;/m1./s1. The Morgan fingerprint density at radius 2 is 2.14 bits per heavy atom. The van der Waals surface area contributed by atoms with Gasteiger partial charge in [-0.05, 0) is 24.6 Å². The second-order valence-corrected chi connectivity index (χ2v) is 3.84. The Morgan fingerprint density at radius 1 is 1.57 bits per heavy atom. The molecule has 0 heterocycles. The fourth-order valence-electron chi connectivity index (χ4n) is 1.14. The summed E-state index contributed by atoms with van der Waals surface area (Å²) in [6, 6.07) is 3.32. The average molecular weight is 279 g/mol. The van der Waals surface area contributed by atoms with Crippen LogP contribution in [0.2, 0.25) is 0 Å². The molecular weight excluding hydrogens is 265 g/mol. The molecule has 0 aliphatic carbocycles. The van der Waals surface area contributed by atoms with Crippen LogP contribution < -0.4 is 5.73 Å². The molecule has 1 rings (SSSR count). The number of aromatic hydroxyl groups is 1. The molecule has 0 aromatic heterocycles. The molecule has 0 saturated carbocycles. The summed E-state index contributed by atoms with van der Waals surface area (Å²) in [5, 5.41) is 9.67. The molecule has 0 radical (unpaired) electrons. The van der Waals surface area contributed by atoms with Crippen LogP contribution in [0.25, 0.3) is 0 Å². The van der Waals surface area contributed by atoms with Crippen LogP contribution in [0, 0.1) is 6.92 Å². The van der Waals surface area contributed by atoms with Crippen molar-refractivity contribution < 1.29 is 5.11 Å². The minimum absolute atomic E-state index is 0. The molecule has 3 N–H and O–H groups in total. The predicted octanol–water partition coefficient (Wildman–Crippen LogP) is 3.07. The lowest BCUT2D eigenvalue weighted by Crippen LogP contribution is -2.07. The second-order valence-electron chi connectivity index (χ2n) is 2.92. The molecular formula is C10H13BrClNO. The number of halogens is 2. The summed E-state index contributed by atoms with van der Waals surface area (Å²) in [7, 11) is 0. The van der Waals surface area contributed by atoms with Gasteiger partial charge < -0.3 is 10.8 Å². The van der Waals surface area contributed by atoms with Crippen molar-refractivity contribution in [2.75, 3.05) is 0 Å². The van der Waals surface area contributed by atoms with Crippen LogP contribution >= 0.6 is 28.3 Å². The topological polar surface area (TPSA) is 46.2 Å². The summed E-state index contributed by atoms with van der Waals surface area (Å²) in [6.07, 6.45) is 1.60. The quantitative estimate of drug-likeness (QED) is 0.817. The molecule has 0 saturated heterocycles. The Morgan fingerprint density at radius 3 is 2.64 bits per heavy atom. The first-order chi connectivity index (χ1) is 6.06. The lowest BCUT2D eigenvalue weighted by Gasteiger charge is -2.11. The van der Waals surface area contributed by atoms with Gasteiger partial charge in [-0.2, -0.15) is 0 Å². The van der Waals surface area contributed by atoms with Gasteiger partial charge in [0, 0.05) is 10.0 Å². The Balaban J connectivity index is 0.00000169. The third kappa shape index (κ3) is 2.74. The van der Waals surface area contributed by atoms with Crippen molar-refractivity contribution in [1.29, 1.82) is 0 Å². The van der Waals surface area contributed by atoms with E-state index in [2.05, 4.69) is 22.5 Å². The van der Waals surface area contributed by atoms with Gasteiger partial charge in [0.15, 0.2) is 0 Å². The van der Waals surface area contributed by atoms with Crippen molar-refractivity contribution in [3.05, 3.63) is 40.4 Å². The molecule has 4 heteroatoms. The van der Waals surface area contributed by atoms with Crippen molar-refractivity contribution in [2.45, 2.75) is 13.0 Å². The molecule has 0 amide bonds. The van der Waals surface area contributed by atoms with Crippen molar-refractivity contribution >= 4 is 28.3 Å². The highest BCUT2D eigenvalue weighted by atomic mass is 79.9. The van der Waals surface area contributed by atoms with E-state index in [9.17, 15) is 5.11 Å². The number of benzene rings is 1. The minimum Gasteiger partial charge on any atom is -0.507 e. The van der Waals surface area contributed by atoms with Crippen molar-refractivity contribution in [3.8, 4) is 5.75 Å². The maximum atomic E-state index is 9.67. The molecule has 1 atom stereocenters. The molecule has 2 nitrogen and oxygen atoms in total. The highest BCUT2D eigenvalue weighted by Crippen LogP contribution is 2.30. The number of aryl methyl sites for hydroxylation is 1. The number of nitrogens with two attached hydrogens (primary N) is 1. The van der Waals surface area contributed by atoms with E-state index in [0.717, 1.165) is 10.0 Å². The number of hydrogen-bond acceptors (Lipinski definition) is 2. The molecule has 0 fully saturated rings. The van der Waals surface area contributed by atoms with E-state index in [-0.39, 0.29) is 24.2 Å². The fourth-order valence-corrected chi connectivity index (χ4v) is 1.73. The van der Waals surface area contributed by atoms with Crippen LogP contribution in [-0.4, -0.2) is 5.11 Å². The van der Waals surface area contributed by atoms with Gasteiger partial charge in [0.05, 0.1) is 6.04 Å². The molecule has 0 aliphatic heterocycles. The van der Waals surface area contributed by atoms with Crippen molar-refractivity contribution in [2.24, 2.45) is 5.73 Å². The van der Waals surface area contributed by atoms with E-state index >= 15 is 0 Å². The maximum Gasteiger partial charge on any atom is 0.123 e. The van der Waals surface area contributed by atoms with Crippen LogP contribution in [0.15, 0.2) is 29.3 Å². The third-order valence-corrected chi connectivity index (χ3v) is 2.37. The van der Waals surface area contributed by atoms with Gasteiger partial charge in [-0.3, -0.25) is 0 Å². The van der Waals surface area contributed by atoms with E-state index < -0.39 is 0 Å². The van der Waals surface area contributed by atoms with E-state index in [1.54, 1.807) is 12.1 Å². The zero-order valence-corrected chi connectivity index (χ0v) is 10.2. The van der Waals surface area contributed by atoms with Gasteiger partial charge >= 0.3 is 0 Å². The highest BCUT2D eigenvalue weighted by molar-refractivity contribution is 9.10. The summed E-state index contributed by atoms with van der Waals surface area (Å²) >= 11 is 3.34. The molecule has 1 aromatic rings. The Labute approximate surface area is 98.4 Å². The summed E-state index contributed by atoms with van der Waals surface area (Å²) < 4.78 is 0.912. The Hall–Kier alpha value is -0.510. The molecule has 0 unspecified atom stereocenters.